The summed E-state index contributed by atoms with van der Waals surface area (Å²) in [5.74, 6) is 1.52. The summed E-state index contributed by atoms with van der Waals surface area (Å²) in [7, 11) is 3.45. The van der Waals surface area contributed by atoms with Gasteiger partial charge in [0.25, 0.3) is 5.91 Å². The van der Waals surface area contributed by atoms with E-state index in [4.69, 9.17) is 9.47 Å². The second-order valence-corrected chi connectivity index (χ2v) is 6.68. The van der Waals surface area contributed by atoms with Crippen LogP contribution < -0.4 is 14.8 Å². The Morgan fingerprint density at radius 3 is 2.41 bits per heavy atom. The lowest BCUT2D eigenvalue weighted by atomic mass is 10.1. The minimum absolute atomic E-state index is 0.0178. The number of amides is 2. The number of nitrogens with one attached hydrogen (secondary N) is 1. The van der Waals surface area contributed by atoms with Crippen molar-refractivity contribution >= 4 is 11.8 Å². The SMILES string of the molecule is CN(C)C(=O)c1ccc(CCC(=O)NCCc2ccc3c(c2)OCO3)cc1. The Labute approximate surface area is 159 Å². The number of benzene rings is 2. The molecule has 0 spiro atoms. The lowest BCUT2D eigenvalue weighted by molar-refractivity contribution is -0.121. The number of hydrogen-bond donors (Lipinski definition) is 1. The van der Waals surface area contributed by atoms with Gasteiger partial charge in [-0.25, -0.2) is 0 Å². The minimum atomic E-state index is -0.0252. The third-order valence-electron chi connectivity index (χ3n) is 4.42. The standard InChI is InChI=1S/C21H24N2O4/c1-23(2)21(25)17-7-3-15(4-8-17)6-10-20(24)22-12-11-16-5-9-18-19(13-16)27-14-26-18/h3-5,7-9,13H,6,10-12,14H2,1-2H3,(H,22,24). The van der Waals surface area contributed by atoms with Gasteiger partial charge in [-0.2, -0.15) is 0 Å². The maximum absolute atomic E-state index is 12.0. The van der Waals surface area contributed by atoms with E-state index in [1.54, 1.807) is 31.1 Å². The third-order valence-corrected chi connectivity index (χ3v) is 4.42. The highest BCUT2D eigenvalue weighted by molar-refractivity contribution is 5.93. The molecule has 6 nitrogen and oxygen atoms in total. The first kappa shape index (κ1) is 18.8. The average molecular weight is 368 g/mol. The van der Waals surface area contributed by atoms with E-state index in [2.05, 4.69) is 5.32 Å². The van der Waals surface area contributed by atoms with Crippen molar-refractivity contribution in [3.8, 4) is 11.5 Å². The second-order valence-electron chi connectivity index (χ2n) is 6.68. The summed E-state index contributed by atoms with van der Waals surface area (Å²) in [4.78, 5) is 25.5. The van der Waals surface area contributed by atoms with Crippen LogP contribution in [0.25, 0.3) is 0 Å². The molecule has 6 heteroatoms. The molecule has 3 rings (SSSR count). The molecule has 0 saturated carbocycles. The first-order valence-corrected chi connectivity index (χ1v) is 8.99. The molecule has 142 valence electrons. The van der Waals surface area contributed by atoms with E-state index < -0.39 is 0 Å². The molecular formula is C21H24N2O4. The minimum Gasteiger partial charge on any atom is -0.454 e. The number of ether oxygens (including phenoxy) is 2. The molecule has 1 aliphatic rings. The summed E-state index contributed by atoms with van der Waals surface area (Å²) in [5, 5.41) is 2.94. The molecule has 0 fully saturated rings. The van der Waals surface area contributed by atoms with Crippen LogP contribution in [0.1, 0.15) is 27.9 Å². The van der Waals surface area contributed by atoms with Crippen LogP contribution >= 0.6 is 0 Å². The van der Waals surface area contributed by atoms with Gasteiger partial charge in [0.1, 0.15) is 0 Å². The fourth-order valence-corrected chi connectivity index (χ4v) is 2.86. The fourth-order valence-electron chi connectivity index (χ4n) is 2.86. The molecule has 1 heterocycles. The number of hydrogen-bond acceptors (Lipinski definition) is 4. The van der Waals surface area contributed by atoms with E-state index in [-0.39, 0.29) is 18.6 Å². The molecule has 0 unspecified atom stereocenters. The lowest BCUT2D eigenvalue weighted by Gasteiger charge is -2.10. The molecule has 0 atom stereocenters. The van der Waals surface area contributed by atoms with Gasteiger partial charge < -0.3 is 19.7 Å². The van der Waals surface area contributed by atoms with Crippen LogP contribution in [0.15, 0.2) is 42.5 Å². The van der Waals surface area contributed by atoms with Gasteiger partial charge >= 0.3 is 0 Å². The maximum atomic E-state index is 12.0. The van der Waals surface area contributed by atoms with Crippen LogP contribution in [0.2, 0.25) is 0 Å². The topological polar surface area (TPSA) is 67.9 Å². The molecule has 0 aliphatic carbocycles. The summed E-state index contributed by atoms with van der Waals surface area (Å²) in [5.41, 5.74) is 2.79. The van der Waals surface area contributed by atoms with Crippen molar-refractivity contribution in [2.24, 2.45) is 0 Å². The fraction of sp³-hybridized carbons (Fsp3) is 0.333. The maximum Gasteiger partial charge on any atom is 0.253 e. The first-order valence-electron chi connectivity index (χ1n) is 8.99. The zero-order chi connectivity index (χ0) is 19.2. The smallest absolute Gasteiger partial charge is 0.253 e. The summed E-state index contributed by atoms with van der Waals surface area (Å²) in [6.07, 6.45) is 1.80. The number of carbonyl (C=O) groups is 2. The van der Waals surface area contributed by atoms with E-state index in [0.717, 1.165) is 29.0 Å². The van der Waals surface area contributed by atoms with Gasteiger partial charge in [-0.05, 0) is 48.2 Å². The quantitative estimate of drug-likeness (QED) is 0.815. The zero-order valence-electron chi connectivity index (χ0n) is 15.7. The number of carbonyl (C=O) groups excluding carboxylic acids is 2. The van der Waals surface area contributed by atoms with E-state index >= 15 is 0 Å². The largest absolute Gasteiger partial charge is 0.454 e. The number of rotatable bonds is 7. The van der Waals surface area contributed by atoms with Crippen LogP contribution in [0, 0.1) is 0 Å². The van der Waals surface area contributed by atoms with Crippen molar-refractivity contribution in [3.05, 3.63) is 59.2 Å². The van der Waals surface area contributed by atoms with Crippen molar-refractivity contribution in [3.63, 3.8) is 0 Å². The van der Waals surface area contributed by atoms with E-state index in [1.165, 1.54) is 0 Å². The van der Waals surface area contributed by atoms with Crippen molar-refractivity contribution in [2.75, 3.05) is 27.4 Å². The molecule has 1 aliphatic heterocycles. The van der Waals surface area contributed by atoms with Crippen LogP contribution in [0.4, 0.5) is 0 Å². The summed E-state index contributed by atoms with van der Waals surface area (Å²) < 4.78 is 10.6. The zero-order valence-corrected chi connectivity index (χ0v) is 15.7. The molecule has 27 heavy (non-hydrogen) atoms. The molecule has 2 aromatic carbocycles. The average Bonchev–Trinajstić information content (AvgIpc) is 3.14. The molecule has 0 saturated heterocycles. The predicted molar refractivity (Wildman–Crippen MR) is 102 cm³/mol. The molecule has 2 aromatic rings. The van der Waals surface area contributed by atoms with Gasteiger partial charge in [-0.1, -0.05) is 18.2 Å². The predicted octanol–water partition coefficient (Wildman–Crippen LogP) is 2.41. The van der Waals surface area contributed by atoms with E-state index in [9.17, 15) is 9.59 Å². The number of nitrogens with zero attached hydrogens (tertiary/aromatic N) is 1. The Kier molecular flexibility index (Phi) is 5.96. The van der Waals surface area contributed by atoms with Gasteiger partial charge in [0.2, 0.25) is 12.7 Å². The van der Waals surface area contributed by atoms with Gasteiger partial charge in [-0.15, -0.1) is 0 Å². The van der Waals surface area contributed by atoms with Crippen LogP contribution in [-0.4, -0.2) is 44.1 Å². The van der Waals surface area contributed by atoms with Gasteiger partial charge in [0.05, 0.1) is 0 Å². The molecule has 0 aromatic heterocycles. The molecule has 1 N–H and O–H groups in total. The van der Waals surface area contributed by atoms with Crippen molar-refractivity contribution in [1.82, 2.24) is 10.2 Å². The number of aryl methyl sites for hydroxylation is 1. The van der Waals surface area contributed by atoms with Gasteiger partial charge in [-0.3, -0.25) is 9.59 Å². The van der Waals surface area contributed by atoms with Gasteiger partial charge in [0.15, 0.2) is 11.5 Å². The van der Waals surface area contributed by atoms with Crippen LogP contribution in [-0.2, 0) is 17.6 Å². The van der Waals surface area contributed by atoms with Crippen molar-refractivity contribution < 1.29 is 19.1 Å². The summed E-state index contributed by atoms with van der Waals surface area (Å²) in [6.45, 7) is 0.842. The molecule has 2 amide bonds. The molecule has 0 radical (unpaired) electrons. The van der Waals surface area contributed by atoms with Crippen LogP contribution in [0.3, 0.4) is 0 Å². The van der Waals surface area contributed by atoms with Crippen molar-refractivity contribution in [2.45, 2.75) is 19.3 Å². The highest BCUT2D eigenvalue weighted by Crippen LogP contribution is 2.32. The van der Waals surface area contributed by atoms with Crippen LogP contribution in [0.5, 0.6) is 11.5 Å². The highest BCUT2D eigenvalue weighted by atomic mass is 16.7. The Morgan fingerprint density at radius 2 is 1.67 bits per heavy atom. The first-order chi connectivity index (χ1) is 13.0. The Balaban J connectivity index is 1.40. The Hall–Kier alpha value is -3.02. The Bertz CT molecular complexity index is 815. The molecular weight excluding hydrogens is 344 g/mol. The van der Waals surface area contributed by atoms with E-state index in [1.807, 2.05) is 30.3 Å². The molecule has 0 bridgehead atoms. The second kappa shape index (κ2) is 8.58. The third kappa shape index (κ3) is 5.00. The number of fused-ring (bicyclic) bond motifs is 1. The van der Waals surface area contributed by atoms with E-state index in [0.29, 0.717) is 24.9 Å². The summed E-state index contributed by atoms with van der Waals surface area (Å²) in [6, 6.07) is 13.2. The highest BCUT2D eigenvalue weighted by Gasteiger charge is 2.13. The monoisotopic (exact) mass is 368 g/mol. The normalized spacial score (nSPS) is 11.9. The van der Waals surface area contributed by atoms with Gasteiger partial charge in [0, 0.05) is 32.6 Å². The Morgan fingerprint density at radius 1 is 0.963 bits per heavy atom. The summed E-state index contributed by atoms with van der Waals surface area (Å²) >= 11 is 0. The lowest BCUT2D eigenvalue weighted by Crippen LogP contribution is -2.25. The van der Waals surface area contributed by atoms with Crippen molar-refractivity contribution in [1.29, 1.82) is 0 Å².